The maximum atomic E-state index is 12.8. The highest BCUT2D eigenvalue weighted by Crippen LogP contribution is 2.19. The molecule has 1 heterocycles. The monoisotopic (exact) mass is 348 g/mol. The lowest BCUT2D eigenvalue weighted by Gasteiger charge is -2.35. The summed E-state index contributed by atoms with van der Waals surface area (Å²) in [5.74, 6) is -0.0606. The lowest BCUT2D eigenvalue weighted by Crippen LogP contribution is -2.55. The summed E-state index contributed by atoms with van der Waals surface area (Å²) in [6, 6.07) is 6.66. The lowest BCUT2D eigenvalue weighted by atomic mass is 10.1. The molecule has 24 heavy (non-hydrogen) atoms. The van der Waals surface area contributed by atoms with E-state index in [-0.39, 0.29) is 11.8 Å². The fraction of sp³-hybridized carbons (Fsp3) is 0.375. The Morgan fingerprint density at radius 2 is 1.83 bits per heavy atom. The first-order valence-electron chi connectivity index (χ1n) is 7.32. The van der Waals surface area contributed by atoms with Crippen molar-refractivity contribution in [1.82, 2.24) is 20.0 Å². The SMILES string of the molecule is COc1ccc(C(=O)NN(C(=O)c2snnc2C)C(C)(C)C)cc1. The molecule has 0 aliphatic heterocycles. The number of hydrogen-bond donors (Lipinski definition) is 1. The van der Waals surface area contributed by atoms with Gasteiger partial charge in [-0.3, -0.25) is 15.0 Å². The zero-order valence-corrected chi connectivity index (χ0v) is 15.1. The first kappa shape index (κ1) is 17.9. The molecule has 0 bridgehead atoms. The van der Waals surface area contributed by atoms with Gasteiger partial charge in [0.1, 0.15) is 10.6 Å². The van der Waals surface area contributed by atoms with Crippen LogP contribution in [0.3, 0.4) is 0 Å². The summed E-state index contributed by atoms with van der Waals surface area (Å²) < 4.78 is 8.86. The van der Waals surface area contributed by atoms with Crippen LogP contribution >= 0.6 is 11.5 Å². The third-order valence-electron chi connectivity index (χ3n) is 3.29. The van der Waals surface area contributed by atoms with Crippen LogP contribution in [0.4, 0.5) is 0 Å². The van der Waals surface area contributed by atoms with Gasteiger partial charge < -0.3 is 4.74 Å². The first-order chi connectivity index (χ1) is 11.2. The zero-order valence-electron chi connectivity index (χ0n) is 14.3. The van der Waals surface area contributed by atoms with Crippen molar-refractivity contribution < 1.29 is 14.3 Å². The van der Waals surface area contributed by atoms with E-state index in [4.69, 9.17) is 4.74 Å². The first-order valence-corrected chi connectivity index (χ1v) is 8.10. The van der Waals surface area contributed by atoms with Gasteiger partial charge in [-0.2, -0.15) is 0 Å². The highest BCUT2D eigenvalue weighted by molar-refractivity contribution is 7.07. The van der Waals surface area contributed by atoms with Crippen molar-refractivity contribution in [3.8, 4) is 5.75 Å². The summed E-state index contributed by atoms with van der Waals surface area (Å²) in [4.78, 5) is 25.7. The van der Waals surface area contributed by atoms with Crippen LogP contribution in [0.2, 0.25) is 0 Å². The van der Waals surface area contributed by atoms with Gasteiger partial charge in [-0.1, -0.05) is 4.49 Å². The van der Waals surface area contributed by atoms with E-state index in [1.54, 1.807) is 38.3 Å². The van der Waals surface area contributed by atoms with E-state index in [1.807, 2.05) is 20.8 Å². The topological polar surface area (TPSA) is 84.4 Å². The summed E-state index contributed by atoms with van der Waals surface area (Å²) >= 11 is 1.01. The van der Waals surface area contributed by atoms with Gasteiger partial charge in [0.15, 0.2) is 0 Å². The average Bonchev–Trinajstić information content (AvgIpc) is 2.97. The Balaban J connectivity index is 2.24. The fourth-order valence-corrected chi connectivity index (χ4v) is 2.55. The van der Waals surface area contributed by atoms with Crippen molar-refractivity contribution in [2.24, 2.45) is 0 Å². The van der Waals surface area contributed by atoms with Crippen molar-refractivity contribution in [3.05, 3.63) is 40.4 Å². The molecule has 0 saturated heterocycles. The Morgan fingerprint density at radius 3 is 2.29 bits per heavy atom. The number of carbonyl (C=O) groups is 2. The molecule has 1 aromatic carbocycles. The van der Waals surface area contributed by atoms with Crippen LogP contribution < -0.4 is 10.2 Å². The number of hydrazine groups is 1. The number of nitrogens with zero attached hydrogens (tertiary/aromatic N) is 3. The number of nitrogens with one attached hydrogen (secondary N) is 1. The van der Waals surface area contributed by atoms with E-state index in [0.717, 1.165) is 11.5 Å². The molecule has 1 N–H and O–H groups in total. The Labute approximate surface area is 144 Å². The Kier molecular flexibility index (Phi) is 5.18. The molecule has 2 rings (SSSR count). The smallest absolute Gasteiger partial charge is 0.286 e. The second-order valence-electron chi connectivity index (χ2n) is 6.17. The minimum absolute atomic E-state index is 0.336. The number of amides is 2. The molecule has 0 aliphatic rings. The molecule has 0 unspecified atom stereocenters. The molecule has 0 radical (unpaired) electrons. The van der Waals surface area contributed by atoms with Crippen molar-refractivity contribution >= 4 is 23.3 Å². The molecule has 0 atom stereocenters. The largest absolute Gasteiger partial charge is 0.497 e. The maximum Gasteiger partial charge on any atom is 0.286 e. The standard InChI is InChI=1S/C16H20N4O3S/c1-10-13(24-19-17-10)15(22)20(16(2,3)4)18-14(21)11-6-8-12(23-5)9-7-11/h6-9H,1-5H3,(H,18,21). The molecule has 8 heteroatoms. The van der Waals surface area contributed by atoms with Crippen molar-refractivity contribution in [2.75, 3.05) is 7.11 Å². The van der Waals surface area contributed by atoms with Crippen LogP contribution in [-0.2, 0) is 0 Å². The van der Waals surface area contributed by atoms with Crippen LogP contribution in [0.5, 0.6) is 5.75 Å². The molecule has 0 saturated carbocycles. The number of ether oxygens (including phenoxy) is 1. The Bertz CT molecular complexity index is 735. The van der Waals surface area contributed by atoms with Crippen LogP contribution in [0, 0.1) is 6.92 Å². The van der Waals surface area contributed by atoms with Gasteiger partial charge in [0.25, 0.3) is 11.8 Å². The normalized spacial score (nSPS) is 11.0. The van der Waals surface area contributed by atoms with E-state index in [2.05, 4.69) is 15.0 Å². The second-order valence-corrected chi connectivity index (χ2v) is 6.92. The zero-order chi connectivity index (χ0) is 17.9. The van der Waals surface area contributed by atoms with Crippen molar-refractivity contribution in [1.29, 1.82) is 0 Å². The van der Waals surface area contributed by atoms with E-state index in [0.29, 0.717) is 21.9 Å². The molecule has 2 aromatic rings. The summed E-state index contributed by atoms with van der Waals surface area (Å²) in [5.41, 5.74) is 3.03. The van der Waals surface area contributed by atoms with E-state index < -0.39 is 5.54 Å². The van der Waals surface area contributed by atoms with E-state index >= 15 is 0 Å². The Hall–Kier alpha value is -2.48. The van der Waals surface area contributed by atoms with E-state index in [1.165, 1.54) is 5.01 Å². The van der Waals surface area contributed by atoms with Gasteiger partial charge in [-0.25, -0.2) is 5.01 Å². The predicted octanol–water partition coefficient (Wildman–Crippen LogP) is 2.44. The molecular weight excluding hydrogens is 328 g/mol. The number of rotatable bonds is 3. The lowest BCUT2D eigenvalue weighted by molar-refractivity contribution is 0.0362. The third kappa shape index (κ3) is 3.88. The minimum Gasteiger partial charge on any atom is -0.497 e. The van der Waals surface area contributed by atoms with E-state index in [9.17, 15) is 9.59 Å². The van der Waals surface area contributed by atoms with Crippen LogP contribution in [-0.4, -0.2) is 39.1 Å². The average molecular weight is 348 g/mol. The quantitative estimate of drug-likeness (QED) is 0.861. The van der Waals surface area contributed by atoms with Crippen LogP contribution in [0.25, 0.3) is 0 Å². The maximum absolute atomic E-state index is 12.8. The van der Waals surface area contributed by atoms with Gasteiger partial charge in [0.05, 0.1) is 18.3 Å². The summed E-state index contributed by atoms with van der Waals surface area (Å²) in [7, 11) is 1.56. The van der Waals surface area contributed by atoms with Crippen molar-refractivity contribution in [2.45, 2.75) is 33.2 Å². The number of aryl methyl sites for hydroxylation is 1. The fourth-order valence-electron chi connectivity index (χ4n) is 1.96. The van der Waals surface area contributed by atoms with Gasteiger partial charge in [-0.05, 0) is 63.5 Å². The minimum atomic E-state index is -0.615. The van der Waals surface area contributed by atoms with Gasteiger partial charge >= 0.3 is 0 Å². The highest BCUT2D eigenvalue weighted by atomic mass is 32.1. The molecule has 1 aromatic heterocycles. The highest BCUT2D eigenvalue weighted by Gasteiger charge is 2.31. The number of aromatic nitrogens is 2. The van der Waals surface area contributed by atoms with Gasteiger partial charge in [-0.15, -0.1) is 5.10 Å². The number of methoxy groups -OCH3 is 1. The molecule has 0 aliphatic carbocycles. The second kappa shape index (κ2) is 6.96. The molecular formula is C16H20N4O3S. The molecule has 0 spiro atoms. The van der Waals surface area contributed by atoms with Gasteiger partial charge in [0, 0.05) is 5.56 Å². The van der Waals surface area contributed by atoms with Crippen LogP contribution in [0.1, 0.15) is 46.5 Å². The van der Waals surface area contributed by atoms with Crippen LogP contribution in [0.15, 0.2) is 24.3 Å². The molecule has 0 fully saturated rings. The summed E-state index contributed by atoms with van der Waals surface area (Å²) in [6.07, 6.45) is 0. The summed E-state index contributed by atoms with van der Waals surface area (Å²) in [6.45, 7) is 7.22. The predicted molar refractivity (Wildman–Crippen MR) is 91.0 cm³/mol. The Morgan fingerprint density at radius 1 is 1.21 bits per heavy atom. The summed E-state index contributed by atoms with van der Waals surface area (Å²) in [5, 5.41) is 5.16. The molecule has 128 valence electrons. The van der Waals surface area contributed by atoms with Crippen molar-refractivity contribution in [3.63, 3.8) is 0 Å². The van der Waals surface area contributed by atoms with Gasteiger partial charge in [0.2, 0.25) is 0 Å². The third-order valence-corrected chi connectivity index (χ3v) is 4.10. The number of carbonyl (C=O) groups excluding carboxylic acids is 2. The molecule has 7 nitrogen and oxygen atoms in total. The number of benzene rings is 1. The number of hydrogen-bond acceptors (Lipinski definition) is 6. The molecule has 2 amide bonds.